The summed E-state index contributed by atoms with van der Waals surface area (Å²) >= 11 is 0. The number of carbonyl (C=O) groups excluding carboxylic acids is 1. The third kappa shape index (κ3) is 6.21. The van der Waals surface area contributed by atoms with Gasteiger partial charge in [-0.05, 0) is 79.6 Å². The van der Waals surface area contributed by atoms with Crippen LogP contribution < -0.4 is 10.0 Å². The highest BCUT2D eigenvalue weighted by Crippen LogP contribution is 2.29. The summed E-state index contributed by atoms with van der Waals surface area (Å²) in [6.45, 7) is 1.84. The van der Waals surface area contributed by atoms with Gasteiger partial charge in [0.2, 0.25) is 15.9 Å². The molecule has 1 amide bonds. The highest BCUT2D eigenvalue weighted by atomic mass is 32.2. The Hall–Kier alpha value is -3.53. The summed E-state index contributed by atoms with van der Waals surface area (Å²) in [4.78, 5) is 16.3. The molecule has 1 aromatic heterocycles. The van der Waals surface area contributed by atoms with Crippen LogP contribution in [0.4, 0.5) is 4.39 Å². The number of rotatable bonds is 8. The van der Waals surface area contributed by atoms with Crippen molar-refractivity contribution in [1.29, 1.82) is 0 Å². The number of amides is 1. The van der Waals surface area contributed by atoms with E-state index >= 15 is 0 Å². The predicted molar refractivity (Wildman–Crippen MR) is 149 cm³/mol. The summed E-state index contributed by atoms with van der Waals surface area (Å²) in [5.41, 5.74) is 4.18. The van der Waals surface area contributed by atoms with Crippen molar-refractivity contribution >= 4 is 26.8 Å². The van der Waals surface area contributed by atoms with E-state index in [0.29, 0.717) is 25.7 Å². The van der Waals surface area contributed by atoms with Gasteiger partial charge in [-0.25, -0.2) is 17.5 Å². The van der Waals surface area contributed by atoms with Gasteiger partial charge in [-0.1, -0.05) is 42.5 Å². The van der Waals surface area contributed by atoms with Gasteiger partial charge in [0.05, 0.1) is 17.5 Å². The minimum absolute atomic E-state index is 0.0211. The summed E-state index contributed by atoms with van der Waals surface area (Å²) < 4.78 is 42.4. The monoisotopic (exact) mass is 549 g/mol. The molecule has 0 saturated heterocycles. The van der Waals surface area contributed by atoms with Gasteiger partial charge < -0.3 is 15.4 Å². The van der Waals surface area contributed by atoms with Crippen LogP contribution in [-0.2, 0) is 21.4 Å². The zero-order valence-corrected chi connectivity index (χ0v) is 22.5. The molecule has 1 heterocycles. The Labute approximate surface area is 227 Å². The smallest absolute Gasteiger partial charge is 0.240 e. The molecule has 1 saturated carbocycles. The molecule has 0 aliphatic heterocycles. The van der Waals surface area contributed by atoms with Crippen molar-refractivity contribution in [2.45, 2.75) is 56.2 Å². The fourth-order valence-corrected chi connectivity index (χ4v) is 6.48. The highest BCUT2D eigenvalue weighted by molar-refractivity contribution is 7.89. The second-order valence-electron chi connectivity index (χ2n) is 10.2. The van der Waals surface area contributed by atoms with Crippen molar-refractivity contribution in [3.8, 4) is 11.3 Å². The first-order valence-electron chi connectivity index (χ1n) is 13.1. The first kappa shape index (κ1) is 27.1. The topological polar surface area (TPSA) is 111 Å². The number of carbonyl (C=O) groups is 1. The second kappa shape index (κ2) is 11.3. The van der Waals surface area contributed by atoms with Gasteiger partial charge in [0.15, 0.2) is 0 Å². The Kier molecular flexibility index (Phi) is 7.83. The maximum atomic E-state index is 13.2. The molecule has 3 aromatic carbocycles. The molecule has 0 spiro atoms. The molecule has 4 aromatic rings. The van der Waals surface area contributed by atoms with Crippen molar-refractivity contribution in [3.63, 3.8) is 0 Å². The van der Waals surface area contributed by atoms with Gasteiger partial charge in [0, 0.05) is 28.6 Å². The van der Waals surface area contributed by atoms with Crippen LogP contribution in [0.5, 0.6) is 0 Å². The molecule has 204 valence electrons. The Balaban J connectivity index is 1.19. The van der Waals surface area contributed by atoms with E-state index < -0.39 is 10.0 Å². The molecule has 4 N–H and O–H groups in total. The molecule has 7 nitrogen and oxygen atoms in total. The molecular weight excluding hydrogens is 517 g/mol. The molecule has 9 heteroatoms. The van der Waals surface area contributed by atoms with Crippen molar-refractivity contribution in [2.24, 2.45) is 5.92 Å². The van der Waals surface area contributed by atoms with Crippen LogP contribution in [0, 0.1) is 11.7 Å². The fraction of sp³-hybridized carbons (Fsp3) is 0.300. The predicted octanol–water partition coefficient (Wildman–Crippen LogP) is 5.18. The number of aromatic amines is 1. The fourth-order valence-electron chi connectivity index (χ4n) is 5.15. The SMILES string of the molecule is CC(NC(=O)C1CCC(NS(=O)(=O)c2ccc3cc(-c4ccc(CO)cc4)[nH]c3c2)CC1)c1ccc(F)cc1. The summed E-state index contributed by atoms with van der Waals surface area (Å²) in [5, 5.41) is 13.2. The van der Waals surface area contributed by atoms with E-state index in [2.05, 4.69) is 15.0 Å². The van der Waals surface area contributed by atoms with E-state index in [9.17, 15) is 22.7 Å². The third-order valence-electron chi connectivity index (χ3n) is 7.50. The lowest BCUT2D eigenvalue weighted by Gasteiger charge is -2.29. The molecule has 1 aliphatic rings. The summed E-state index contributed by atoms with van der Waals surface area (Å²) in [7, 11) is -3.74. The molecule has 0 radical (unpaired) electrons. The number of H-pyrrole nitrogens is 1. The van der Waals surface area contributed by atoms with E-state index in [4.69, 9.17) is 0 Å². The molecule has 1 atom stereocenters. The summed E-state index contributed by atoms with van der Waals surface area (Å²) in [6, 6.07) is 20.1. The van der Waals surface area contributed by atoms with Crippen molar-refractivity contribution in [2.75, 3.05) is 0 Å². The Morgan fingerprint density at radius 3 is 2.36 bits per heavy atom. The van der Waals surface area contributed by atoms with Crippen molar-refractivity contribution < 1.29 is 22.7 Å². The van der Waals surface area contributed by atoms with E-state index in [1.807, 2.05) is 37.3 Å². The average Bonchev–Trinajstić information content (AvgIpc) is 3.37. The van der Waals surface area contributed by atoms with Crippen LogP contribution in [-0.4, -0.2) is 30.5 Å². The number of aromatic nitrogens is 1. The maximum absolute atomic E-state index is 13.2. The number of benzene rings is 3. The Morgan fingerprint density at radius 1 is 1.00 bits per heavy atom. The molecule has 1 aliphatic carbocycles. The number of sulfonamides is 1. The number of nitrogens with one attached hydrogen (secondary N) is 3. The largest absolute Gasteiger partial charge is 0.392 e. The van der Waals surface area contributed by atoms with Crippen LogP contribution in [0.25, 0.3) is 22.2 Å². The van der Waals surface area contributed by atoms with Gasteiger partial charge in [-0.3, -0.25) is 4.79 Å². The number of hydrogen-bond acceptors (Lipinski definition) is 4. The van der Waals surface area contributed by atoms with Crippen LogP contribution in [0.15, 0.2) is 77.7 Å². The van der Waals surface area contributed by atoms with E-state index in [0.717, 1.165) is 33.3 Å². The van der Waals surface area contributed by atoms with Crippen LogP contribution in [0.3, 0.4) is 0 Å². The zero-order valence-electron chi connectivity index (χ0n) is 21.7. The van der Waals surface area contributed by atoms with E-state index in [-0.39, 0.29) is 41.2 Å². The van der Waals surface area contributed by atoms with Crippen molar-refractivity contribution in [3.05, 3.63) is 89.7 Å². The van der Waals surface area contributed by atoms with E-state index in [1.54, 1.807) is 30.3 Å². The highest BCUT2D eigenvalue weighted by Gasteiger charge is 2.30. The molecule has 1 unspecified atom stereocenters. The standard InChI is InChI=1S/C30H32FN3O4S/c1-19(21-6-11-25(31)12-7-21)32-30(36)23-8-13-26(14-9-23)34-39(37,38)27-15-10-24-16-28(33-29(24)17-27)22-4-2-20(18-35)3-5-22/h2-7,10-12,15-17,19,23,26,33-35H,8-9,13-14,18H2,1H3,(H,32,36). The average molecular weight is 550 g/mol. The minimum atomic E-state index is -3.74. The summed E-state index contributed by atoms with van der Waals surface area (Å²) in [5.74, 6) is -0.568. The molecule has 5 rings (SSSR count). The van der Waals surface area contributed by atoms with Gasteiger partial charge >= 0.3 is 0 Å². The van der Waals surface area contributed by atoms with Crippen LogP contribution in [0.2, 0.25) is 0 Å². The van der Waals surface area contributed by atoms with Gasteiger partial charge in [-0.2, -0.15) is 0 Å². The van der Waals surface area contributed by atoms with Crippen molar-refractivity contribution in [1.82, 2.24) is 15.0 Å². The zero-order chi connectivity index (χ0) is 27.6. The van der Waals surface area contributed by atoms with Gasteiger partial charge in [-0.15, -0.1) is 0 Å². The van der Waals surface area contributed by atoms with Crippen LogP contribution >= 0.6 is 0 Å². The number of hydrogen-bond donors (Lipinski definition) is 4. The minimum Gasteiger partial charge on any atom is -0.392 e. The third-order valence-corrected chi connectivity index (χ3v) is 9.02. The lowest BCUT2D eigenvalue weighted by molar-refractivity contribution is -0.126. The molecule has 0 bridgehead atoms. The Bertz CT molecular complexity index is 1560. The van der Waals surface area contributed by atoms with Gasteiger partial charge in [0.1, 0.15) is 5.82 Å². The number of aliphatic hydroxyl groups excluding tert-OH is 1. The lowest BCUT2D eigenvalue weighted by Crippen LogP contribution is -2.41. The van der Waals surface area contributed by atoms with Gasteiger partial charge in [0.25, 0.3) is 0 Å². The normalized spacial score (nSPS) is 18.6. The lowest BCUT2D eigenvalue weighted by atomic mass is 9.85. The van der Waals surface area contributed by atoms with Crippen LogP contribution in [0.1, 0.15) is 49.8 Å². The number of halogens is 1. The first-order chi connectivity index (χ1) is 18.7. The molecule has 1 fully saturated rings. The molecular formula is C30H32FN3O4S. The Morgan fingerprint density at radius 2 is 1.69 bits per heavy atom. The van der Waals surface area contributed by atoms with E-state index in [1.165, 1.54) is 12.1 Å². The quantitative estimate of drug-likeness (QED) is 0.243. The first-order valence-corrected chi connectivity index (χ1v) is 14.6. The molecule has 39 heavy (non-hydrogen) atoms. The summed E-state index contributed by atoms with van der Waals surface area (Å²) in [6.07, 6.45) is 2.31. The maximum Gasteiger partial charge on any atom is 0.240 e. The number of aliphatic hydroxyl groups is 1. The number of fused-ring (bicyclic) bond motifs is 1. The second-order valence-corrected chi connectivity index (χ2v) is 12.0.